The summed E-state index contributed by atoms with van der Waals surface area (Å²) < 4.78 is 25.6. The molecule has 1 aliphatic heterocycles. The maximum absolute atomic E-state index is 12.1. The van der Waals surface area contributed by atoms with E-state index in [0.717, 1.165) is 12.8 Å². The SMILES string of the molecule is N[C@@H]1CCCN(S(=O)(=O)c2cnccn2)C1. The van der Waals surface area contributed by atoms with E-state index in [9.17, 15) is 8.42 Å². The normalized spacial score (nSPS) is 23.2. The van der Waals surface area contributed by atoms with Gasteiger partial charge < -0.3 is 5.73 Å². The molecule has 1 saturated heterocycles. The Bertz CT molecular complexity index is 448. The van der Waals surface area contributed by atoms with Gasteiger partial charge in [0, 0.05) is 31.5 Å². The van der Waals surface area contributed by atoms with Crippen molar-refractivity contribution in [1.82, 2.24) is 14.3 Å². The van der Waals surface area contributed by atoms with Gasteiger partial charge >= 0.3 is 0 Å². The van der Waals surface area contributed by atoms with E-state index < -0.39 is 10.0 Å². The molecule has 0 radical (unpaired) electrons. The standard InChI is InChI=1S/C9H14N4O2S/c10-8-2-1-5-13(7-8)16(14,15)9-6-11-3-4-12-9/h3-4,6,8H,1-2,5,7,10H2/t8-/m1/s1. The largest absolute Gasteiger partial charge is 0.327 e. The van der Waals surface area contributed by atoms with Gasteiger partial charge in [0.05, 0.1) is 6.20 Å². The zero-order valence-corrected chi connectivity index (χ0v) is 9.60. The maximum atomic E-state index is 12.1. The summed E-state index contributed by atoms with van der Waals surface area (Å²) in [4.78, 5) is 7.58. The molecule has 1 aliphatic rings. The van der Waals surface area contributed by atoms with E-state index in [1.165, 1.54) is 22.9 Å². The van der Waals surface area contributed by atoms with Crippen molar-refractivity contribution in [1.29, 1.82) is 0 Å². The highest BCUT2D eigenvalue weighted by molar-refractivity contribution is 7.89. The summed E-state index contributed by atoms with van der Waals surface area (Å²) in [7, 11) is -3.52. The molecule has 1 aromatic heterocycles. The Morgan fingerprint density at radius 2 is 2.25 bits per heavy atom. The van der Waals surface area contributed by atoms with Crippen molar-refractivity contribution in [2.45, 2.75) is 23.9 Å². The van der Waals surface area contributed by atoms with Crippen molar-refractivity contribution in [3.05, 3.63) is 18.6 Å². The smallest absolute Gasteiger partial charge is 0.262 e. The van der Waals surface area contributed by atoms with E-state index in [1.807, 2.05) is 0 Å². The quantitative estimate of drug-likeness (QED) is 0.761. The molecule has 0 saturated carbocycles. The molecule has 2 rings (SSSR count). The lowest BCUT2D eigenvalue weighted by molar-refractivity contribution is 0.315. The van der Waals surface area contributed by atoms with Crippen molar-refractivity contribution in [2.75, 3.05) is 13.1 Å². The molecule has 0 amide bonds. The fourth-order valence-electron chi connectivity index (χ4n) is 1.74. The van der Waals surface area contributed by atoms with Gasteiger partial charge in [0.25, 0.3) is 10.0 Å². The summed E-state index contributed by atoms with van der Waals surface area (Å²) >= 11 is 0. The molecule has 0 aromatic carbocycles. The lowest BCUT2D eigenvalue weighted by Gasteiger charge is -2.29. The Morgan fingerprint density at radius 1 is 1.44 bits per heavy atom. The van der Waals surface area contributed by atoms with Gasteiger partial charge in [-0.05, 0) is 12.8 Å². The molecule has 7 heteroatoms. The van der Waals surface area contributed by atoms with Crippen LogP contribution in [-0.4, -0.2) is 41.8 Å². The third kappa shape index (κ3) is 2.21. The van der Waals surface area contributed by atoms with Crippen LogP contribution < -0.4 is 5.73 Å². The summed E-state index contributed by atoms with van der Waals surface area (Å²) in [5, 5.41) is -0.0101. The van der Waals surface area contributed by atoms with Crippen molar-refractivity contribution in [3.8, 4) is 0 Å². The second-order valence-corrected chi connectivity index (χ2v) is 5.69. The van der Waals surface area contributed by atoms with Crippen molar-refractivity contribution in [3.63, 3.8) is 0 Å². The highest BCUT2D eigenvalue weighted by Crippen LogP contribution is 2.17. The molecular weight excluding hydrogens is 228 g/mol. The van der Waals surface area contributed by atoms with Gasteiger partial charge in [0.1, 0.15) is 0 Å². The minimum absolute atomic E-state index is 0.0101. The molecule has 0 spiro atoms. The van der Waals surface area contributed by atoms with Crippen molar-refractivity contribution in [2.24, 2.45) is 5.73 Å². The highest BCUT2D eigenvalue weighted by atomic mass is 32.2. The minimum Gasteiger partial charge on any atom is -0.327 e. The second-order valence-electron chi connectivity index (χ2n) is 3.81. The van der Waals surface area contributed by atoms with Crippen LogP contribution in [-0.2, 0) is 10.0 Å². The Balaban J connectivity index is 2.26. The first-order chi connectivity index (χ1) is 7.60. The van der Waals surface area contributed by atoms with Crippen LogP contribution >= 0.6 is 0 Å². The summed E-state index contributed by atoms with van der Waals surface area (Å²) in [5.74, 6) is 0. The summed E-state index contributed by atoms with van der Waals surface area (Å²) in [5.41, 5.74) is 5.76. The molecular formula is C9H14N4O2S. The molecule has 2 heterocycles. The maximum Gasteiger partial charge on any atom is 0.262 e. The number of nitrogens with two attached hydrogens (primary N) is 1. The van der Waals surface area contributed by atoms with Gasteiger partial charge in [0.15, 0.2) is 5.03 Å². The predicted molar refractivity (Wildman–Crippen MR) is 58.0 cm³/mol. The van der Waals surface area contributed by atoms with E-state index in [0.29, 0.717) is 13.1 Å². The van der Waals surface area contributed by atoms with Crippen LogP contribution in [0.15, 0.2) is 23.6 Å². The third-order valence-electron chi connectivity index (χ3n) is 2.56. The lowest BCUT2D eigenvalue weighted by Crippen LogP contribution is -2.45. The fourth-order valence-corrected chi connectivity index (χ4v) is 3.15. The molecule has 0 aliphatic carbocycles. The van der Waals surface area contributed by atoms with E-state index in [4.69, 9.17) is 5.73 Å². The first-order valence-corrected chi connectivity index (χ1v) is 6.56. The molecule has 6 nitrogen and oxygen atoms in total. The summed E-state index contributed by atoms with van der Waals surface area (Å²) in [6.07, 6.45) is 5.74. The number of aromatic nitrogens is 2. The van der Waals surface area contributed by atoms with E-state index in [-0.39, 0.29) is 11.1 Å². The lowest BCUT2D eigenvalue weighted by atomic mass is 10.1. The Hall–Kier alpha value is -1.05. The average molecular weight is 242 g/mol. The molecule has 0 bridgehead atoms. The van der Waals surface area contributed by atoms with Crippen LogP contribution in [0.25, 0.3) is 0 Å². The first-order valence-electron chi connectivity index (χ1n) is 5.12. The van der Waals surface area contributed by atoms with Gasteiger partial charge in [-0.3, -0.25) is 4.98 Å². The van der Waals surface area contributed by atoms with Gasteiger partial charge in [-0.1, -0.05) is 0 Å². The molecule has 16 heavy (non-hydrogen) atoms. The molecule has 1 aromatic rings. The van der Waals surface area contributed by atoms with E-state index >= 15 is 0 Å². The van der Waals surface area contributed by atoms with Crippen LogP contribution in [0.5, 0.6) is 0 Å². The Labute approximate surface area is 94.6 Å². The third-order valence-corrected chi connectivity index (χ3v) is 4.32. The summed E-state index contributed by atoms with van der Waals surface area (Å²) in [6, 6.07) is -0.0832. The highest BCUT2D eigenvalue weighted by Gasteiger charge is 2.29. The second kappa shape index (κ2) is 4.44. The number of piperidine rings is 1. The fraction of sp³-hybridized carbons (Fsp3) is 0.556. The zero-order chi connectivity index (χ0) is 11.6. The van der Waals surface area contributed by atoms with Crippen molar-refractivity contribution < 1.29 is 8.42 Å². The Morgan fingerprint density at radius 3 is 2.88 bits per heavy atom. The monoisotopic (exact) mass is 242 g/mol. The van der Waals surface area contributed by atoms with Crippen LogP contribution in [0.2, 0.25) is 0 Å². The van der Waals surface area contributed by atoms with E-state index in [1.54, 1.807) is 0 Å². The van der Waals surface area contributed by atoms with Gasteiger partial charge in [0.2, 0.25) is 0 Å². The van der Waals surface area contributed by atoms with Crippen LogP contribution in [0.1, 0.15) is 12.8 Å². The van der Waals surface area contributed by atoms with Gasteiger partial charge in [-0.15, -0.1) is 0 Å². The van der Waals surface area contributed by atoms with Gasteiger partial charge in [-0.25, -0.2) is 13.4 Å². The van der Waals surface area contributed by atoms with Gasteiger partial charge in [-0.2, -0.15) is 4.31 Å². The number of sulfonamides is 1. The molecule has 0 unspecified atom stereocenters. The van der Waals surface area contributed by atoms with E-state index in [2.05, 4.69) is 9.97 Å². The number of nitrogens with zero attached hydrogens (tertiary/aromatic N) is 3. The first kappa shape index (κ1) is 11.4. The van der Waals surface area contributed by atoms with Crippen LogP contribution in [0.4, 0.5) is 0 Å². The zero-order valence-electron chi connectivity index (χ0n) is 8.78. The average Bonchev–Trinajstić information content (AvgIpc) is 2.30. The van der Waals surface area contributed by atoms with Crippen molar-refractivity contribution >= 4 is 10.0 Å². The van der Waals surface area contributed by atoms with Crippen LogP contribution in [0.3, 0.4) is 0 Å². The Kier molecular flexibility index (Phi) is 3.17. The number of hydrogen-bond acceptors (Lipinski definition) is 5. The van der Waals surface area contributed by atoms with Crippen LogP contribution in [0, 0.1) is 0 Å². The minimum atomic E-state index is -3.52. The predicted octanol–water partition coefficient (Wildman–Crippen LogP) is -0.412. The molecule has 2 N–H and O–H groups in total. The molecule has 1 atom stereocenters. The summed E-state index contributed by atoms with van der Waals surface area (Å²) in [6.45, 7) is 0.867. The topological polar surface area (TPSA) is 89.2 Å². The molecule has 1 fully saturated rings. The number of rotatable bonds is 2. The molecule has 88 valence electrons. The number of hydrogen-bond donors (Lipinski definition) is 1.